The van der Waals surface area contributed by atoms with Gasteiger partial charge in [-0.2, -0.15) is 0 Å². The maximum Gasteiger partial charge on any atom is 0.277 e. The lowest BCUT2D eigenvalue weighted by atomic mass is 9.87. The van der Waals surface area contributed by atoms with Crippen LogP contribution in [-0.2, 0) is 16.8 Å². The molecule has 0 atom stereocenters. The zero-order valence-corrected chi connectivity index (χ0v) is 18.4. The van der Waals surface area contributed by atoms with E-state index in [0.717, 1.165) is 11.1 Å². The minimum Gasteiger partial charge on any atom is -0.411 e. The van der Waals surface area contributed by atoms with Crippen LogP contribution in [0.25, 0.3) is 11.5 Å². The molecule has 1 amide bonds. The molecule has 0 saturated carbocycles. The van der Waals surface area contributed by atoms with E-state index in [2.05, 4.69) is 56.1 Å². The third kappa shape index (κ3) is 5.48. The van der Waals surface area contributed by atoms with Crippen LogP contribution in [0.3, 0.4) is 0 Å². The zero-order valence-electron chi connectivity index (χ0n) is 17.6. The van der Waals surface area contributed by atoms with E-state index in [1.54, 1.807) is 4.90 Å². The molecule has 0 unspecified atom stereocenters. The fraction of sp³-hybridized carbons (Fsp3) is 0.348. The average Bonchev–Trinajstić information content (AvgIpc) is 3.16. The molecule has 29 heavy (non-hydrogen) atoms. The predicted octanol–water partition coefficient (Wildman–Crippen LogP) is 5.09. The van der Waals surface area contributed by atoms with Gasteiger partial charge in [-0.05, 0) is 41.2 Å². The van der Waals surface area contributed by atoms with Crippen molar-refractivity contribution in [2.45, 2.75) is 44.9 Å². The van der Waals surface area contributed by atoms with Gasteiger partial charge in [-0.25, -0.2) is 0 Å². The van der Waals surface area contributed by atoms with E-state index in [-0.39, 0.29) is 17.1 Å². The van der Waals surface area contributed by atoms with E-state index in [9.17, 15) is 4.79 Å². The quantitative estimate of drug-likeness (QED) is 0.531. The molecule has 0 aliphatic rings. The van der Waals surface area contributed by atoms with Crippen LogP contribution in [0, 0.1) is 6.92 Å². The molecule has 0 N–H and O–H groups in total. The first-order chi connectivity index (χ1) is 13.7. The normalized spacial score (nSPS) is 11.5. The number of thioether (sulfide) groups is 1. The van der Waals surface area contributed by atoms with Gasteiger partial charge in [0.05, 0.1) is 5.75 Å². The summed E-state index contributed by atoms with van der Waals surface area (Å²) in [6, 6.07) is 16.2. The molecular weight excluding hydrogens is 382 g/mol. The summed E-state index contributed by atoms with van der Waals surface area (Å²) >= 11 is 1.26. The fourth-order valence-electron chi connectivity index (χ4n) is 2.86. The number of nitrogens with zero attached hydrogens (tertiary/aromatic N) is 3. The Kier molecular flexibility index (Phi) is 6.42. The number of carbonyl (C=O) groups is 1. The maximum atomic E-state index is 12.5. The van der Waals surface area contributed by atoms with Crippen LogP contribution in [0.1, 0.15) is 37.5 Å². The summed E-state index contributed by atoms with van der Waals surface area (Å²) in [7, 11) is 1.81. The Morgan fingerprint density at radius 1 is 1.07 bits per heavy atom. The molecule has 0 fully saturated rings. The molecule has 3 rings (SSSR count). The lowest BCUT2D eigenvalue weighted by molar-refractivity contribution is -0.127. The van der Waals surface area contributed by atoms with Crippen LogP contribution in [0.4, 0.5) is 0 Å². The first kappa shape index (κ1) is 21.1. The summed E-state index contributed by atoms with van der Waals surface area (Å²) in [4.78, 5) is 14.2. The third-order valence-electron chi connectivity index (χ3n) is 4.82. The number of aromatic nitrogens is 2. The summed E-state index contributed by atoms with van der Waals surface area (Å²) in [6.45, 7) is 9.17. The summed E-state index contributed by atoms with van der Waals surface area (Å²) in [5, 5.41) is 8.59. The number of hydrogen-bond acceptors (Lipinski definition) is 5. The van der Waals surface area contributed by atoms with Gasteiger partial charge in [-0.3, -0.25) is 4.79 Å². The Morgan fingerprint density at radius 3 is 2.41 bits per heavy atom. The van der Waals surface area contributed by atoms with Gasteiger partial charge < -0.3 is 9.32 Å². The molecule has 152 valence electrons. The monoisotopic (exact) mass is 409 g/mol. The molecule has 6 heteroatoms. The molecule has 2 aromatic carbocycles. The van der Waals surface area contributed by atoms with Crippen LogP contribution in [0.5, 0.6) is 0 Å². The zero-order chi connectivity index (χ0) is 21.0. The Morgan fingerprint density at radius 2 is 1.76 bits per heavy atom. The van der Waals surface area contributed by atoms with Crippen molar-refractivity contribution in [1.29, 1.82) is 0 Å². The van der Waals surface area contributed by atoms with Gasteiger partial charge in [0, 0.05) is 19.2 Å². The Bertz CT molecular complexity index is 974. The van der Waals surface area contributed by atoms with E-state index in [1.165, 1.54) is 22.9 Å². The van der Waals surface area contributed by atoms with Crippen molar-refractivity contribution in [3.8, 4) is 11.5 Å². The van der Waals surface area contributed by atoms with Crippen LogP contribution in [-0.4, -0.2) is 33.8 Å². The SMILES string of the molecule is Cc1ccccc1CN(C)C(=O)CSc1nnc(-c2ccc(C(C)(C)C)cc2)o1. The van der Waals surface area contributed by atoms with Crippen LogP contribution < -0.4 is 0 Å². The molecule has 5 nitrogen and oxygen atoms in total. The molecule has 3 aromatic rings. The van der Waals surface area contributed by atoms with E-state index in [1.807, 2.05) is 37.4 Å². The average molecular weight is 410 g/mol. The van der Waals surface area contributed by atoms with Crippen molar-refractivity contribution in [1.82, 2.24) is 15.1 Å². The van der Waals surface area contributed by atoms with Crippen LogP contribution >= 0.6 is 11.8 Å². The second kappa shape index (κ2) is 8.82. The number of aryl methyl sites for hydroxylation is 1. The van der Waals surface area contributed by atoms with Gasteiger partial charge in [0.2, 0.25) is 11.8 Å². The molecule has 0 radical (unpaired) electrons. The first-order valence-electron chi connectivity index (χ1n) is 9.60. The van der Waals surface area contributed by atoms with Crippen LogP contribution in [0.15, 0.2) is 58.2 Å². The number of benzene rings is 2. The first-order valence-corrected chi connectivity index (χ1v) is 10.6. The molecule has 1 aromatic heterocycles. The van der Waals surface area contributed by atoms with Crippen molar-refractivity contribution in [2.24, 2.45) is 0 Å². The molecule has 0 saturated heterocycles. The Balaban J connectivity index is 1.57. The molecular formula is C23H27N3O2S. The highest BCUT2D eigenvalue weighted by Crippen LogP contribution is 2.27. The van der Waals surface area contributed by atoms with Gasteiger partial charge in [-0.15, -0.1) is 10.2 Å². The van der Waals surface area contributed by atoms with Crippen molar-refractivity contribution < 1.29 is 9.21 Å². The summed E-state index contributed by atoms with van der Waals surface area (Å²) in [5.41, 5.74) is 4.54. The van der Waals surface area contributed by atoms with Crippen molar-refractivity contribution in [2.75, 3.05) is 12.8 Å². The highest BCUT2D eigenvalue weighted by atomic mass is 32.2. The van der Waals surface area contributed by atoms with E-state index < -0.39 is 0 Å². The second-order valence-corrected chi connectivity index (χ2v) is 9.09. The second-order valence-electron chi connectivity index (χ2n) is 8.17. The van der Waals surface area contributed by atoms with Crippen molar-refractivity contribution in [3.63, 3.8) is 0 Å². The lowest BCUT2D eigenvalue weighted by Crippen LogP contribution is -2.28. The Labute approximate surface area is 176 Å². The third-order valence-corrected chi connectivity index (χ3v) is 5.62. The lowest BCUT2D eigenvalue weighted by Gasteiger charge is -2.18. The Hall–Kier alpha value is -2.60. The topological polar surface area (TPSA) is 59.2 Å². The van der Waals surface area contributed by atoms with E-state index in [4.69, 9.17) is 4.42 Å². The van der Waals surface area contributed by atoms with E-state index >= 15 is 0 Å². The summed E-state index contributed by atoms with van der Waals surface area (Å²) in [6.07, 6.45) is 0. The van der Waals surface area contributed by atoms with Gasteiger partial charge in [-0.1, -0.05) is 68.9 Å². The van der Waals surface area contributed by atoms with E-state index in [0.29, 0.717) is 17.7 Å². The number of rotatable bonds is 6. The molecule has 0 aliphatic heterocycles. The largest absolute Gasteiger partial charge is 0.411 e. The molecule has 1 heterocycles. The predicted molar refractivity (Wildman–Crippen MR) is 117 cm³/mol. The van der Waals surface area contributed by atoms with Gasteiger partial charge in [0.1, 0.15) is 0 Å². The van der Waals surface area contributed by atoms with Crippen molar-refractivity contribution >= 4 is 17.7 Å². The van der Waals surface area contributed by atoms with Crippen LogP contribution in [0.2, 0.25) is 0 Å². The smallest absolute Gasteiger partial charge is 0.277 e. The molecule has 0 spiro atoms. The summed E-state index contributed by atoms with van der Waals surface area (Å²) < 4.78 is 5.73. The minimum absolute atomic E-state index is 0.0209. The highest BCUT2D eigenvalue weighted by Gasteiger charge is 2.16. The summed E-state index contributed by atoms with van der Waals surface area (Å²) in [5.74, 6) is 0.744. The highest BCUT2D eigenvalue weighted by molar-refractivity contribution is 7.99. The van der Waals surface area contributed by atoms with Gasteiger partial charge >= 0.3 is 0 Å². The molecule has 0 aliphatic carbocycles. The number of amides is 1. The van der Waals surface area contributed by atoms with Crippen molar-refractivity contribution in [3.05, 3.63) is 65.2 Å². The maximum absolute atomic E-state index is 12.5. The van der Waals surface area contributed by atoms with Gasteiger partial charge in [0.25, 0.3) is 5.22 Å². The minimum atomic E-state index is 0.0209. The molecule has 0 bridgehead atoms. The number of hydrogen-bond donors (Lipinski definition) is 0. The van der Waals surface area contributed by atoms with Gasteiger partial charge in [0.15, 0.2) is 0 Å². The number of carbonyl (C=O) groups excluding carboxylic acids is 1. The standard InChI is InChI=1S/C23H27N3O2S/c1-16-8-6-7-9-18(16)14-26(5)20(27)15-29-22-25-24-21(28-22)17-10-12-19(13-11-17)23(2,3)4/h6-13H,14-15H2,1-5H3. The fourth-order valence-corrected chi connectivity index (χ4v) is 3.57.